The fourth-order valence-corrected chi connectivity index (χ4v) is 6.47. The van der Waals surface area contributed by atoms with Gasteiger partial charge in [0.25, 0.3) is 5.91 Å². The van der Waals surface area contributed by atoms with Crippen molar-refractivity contribution in [3.8, 4) is 11.5 Å². The maximum Gasteiger partial charge on any atom is 0.282 e. The van der Waals surface area contributed by atoms with Gasteiger partial charge in [-0.15, -0.1) is 5.11 Å². The van der Waals surface area contributed by atoms with Gasteiger partial charge in [0.05, 0.1) is 11.4 Å². The van der Waals surface area contributed by atoms with Gasteiger partial charge in [0, 0.05) is 35.7 Å². The molecule has 0 aromatic heterocycles. The van der Waals surface area contributed by atoms with Crippen molar-refractivity contribution in [3.63, 3.8) is 0 Å². The monoisotopic (exact) mass is 560 g/mol. The van der Waals surface area contributed by atoms with E-state index in [-0.39, 0.29) is 46.9 Å². The first-order valence-corrected chi connectivity index (χ1v) is 13.8. The first-order chi connectivity index (χ1) is 18.3. The van der Waals surface area contributed by atoms with Crippen molar-refractivity contribution in [1.82, 2.24) is 9.31 Å². The molecule has 4 aliphatic rings. The normalized spacial score (nSPS) is 21.8. The second kappa shape index (κ2) is 9.71. The zero-order valence-electron chi connectivity index (χ0n) is 20.0. The van der Waals surface area contributed by atoms with E-state index in [1.54, 1.807) is 12.1 Å². The minimum absolute atomic E-state index is 0.0445. The van der Waals surface area contributed by atoms with Crippen LogP contribution >= 0.6 is 11.6 Å². The Morgan fingerprint density at radius 3 is 2.58 bits per heavy atom. The number of benzene rings is 2. The summed E-state index contributed by atoms with van der Waals surface area (Å²) in [7, 11) is -3.76. The average Bonchev–Trinajstić information content (AvgIpc) is 3.34. The highest BCUT2D eigenvalue weighted by Crippen LogP contribution is 2.35. The van der Waals surface area contributed by atoms with E-state index in [2.05, 4.69) is 20.3 Å². The van der Waals surface area contributed by atoms with Crippen LogP contribution in [-0.4, -0.2) is 67.7 Å². The number of rotatable bonds is 5. The summed E-state index contributed by atoms with van der Waals surface area (Å²) in [4.78, 5) is 21.5. The molecule has 1 fully saturated rings. The van der Waals surface area contributed by atoms with Crippen molar-refractivity contribution in [2.24, 2.45) is 26.2 Å². The summed E-state index contributed by atoms with van der Waals surface area (Å²) in [5.41, 5.74) is 0.214. The molecule has 38 heavy (non-hydrogen) atoms. The molecule has 6 rings (SSSR count). The topological polar surface area (TPSA) is 126 Å². The van der Waals surface area contributed by atoms with E-state index in [9.17, 15) is 17.6 Å². The Hall–Kier alpha value is -3.42. The maximum absolute atomic E-state index is 14.3. The molecule has 1 unspecified atom stereocenters. The number of hydrogen-bond acceptors (Lipinski definition) is 9. The molecular weight excluding hydrogens is 539 g/mol. The number of carbonyl (C=O) groups is 1. The van der Waals surface area contributed by atoms with Crippen molar-refractivity contribution in [2.45, 2.75) is 30.3 Å². The third-order valence-corrected chi connectivity index (χ3v) is 9.06. The zero-order valence-corrected chi connectivity index (χ0v) is 21.5. The van der Waals surface area contributed by atoms with Gasteiger partial charge in [-0.1, -0.05) is 22.9 Å². The standard InChI is InChI=1S/C24H22ClFN6O5S/c25-17-2-1-3-18(26)16(17)13-32-23-21(29-30-32)24(33)28-22(27-23)14-6-8-31(9-7-14)38(34,35)15-4-5-19-20(12-15)37-11-10-36-19/h1-5,12,14,21H,6-11,13H2. The smallest absolute Gasteiger partial charge is 0.282 e. The van der Waals surface area contributed by atoms with E-state index >= 15 is 0 Å². The van der Waals surface area contributed by atoms with Gasteiger partial charge in [0.15, 0.2) is 17.3 Å². The predicted octanol–water partition coefficient (Wildman–Crippen LogP) is 3.24. The molecule has 2 aromatic rings. The lowest BCUT2D eigenvalue weighted by Crippen LogP contribution is -2.43. The number of nitrogens with zero attached hydrogens (tertiary/aromatic N) is 6. The summed E-state index contributed by atoms with van der Waals surface area (Å²) < 4.78 is 53.3. The van der Waals surface area contributed by atoms with Gasteiger partial charge in [-0.3, -0.25) is 4.79 Å². The SMILES string of the molecule is O=C1N=C(C2CCN(S(=O)(=O)c3ccc4c(c3)OCCO4)CC2)N=C2C1N=NN2Cc1c(F)cccc1Cl. The number of sulfonamides is 1. The Kier molecular flexibility index (Phi) is 6.36. The van der Waals surface area contributed by atoms with E-state index in [1.807, 2.05) is 0 Å². The first-order valence-electron chi connectivity index (χ1n) is 12.0. The Morgan fingerprint density at radius 1 is 1.05 bits per heavy atom. The molecule has 2 aromatic carbocycles. The summed E-state index contributed by atoms with van der Waals surface area (Å²) in [5.74, 6) is 0.227. The molecule has 1 atom stereocenters. The number of ether oxygens (including phenoxy) is 2. The van der Waals surface area contributed by atoms with Crippen LogP contribution in [-0.2, 0) is 21.4 Å². The number of amidine groups is 2. The van der Waals surface area contributed by atoms with E-state index in [0.29, 0.717) is 43.4 Å². The molecule has 198 valence electrons. The molecule has 0 radical (unpaired) electrons. The van der Waals surface area contributed by atoms with Crippen molar-refractivity contribution < 1.29 is 27.1 Å². The van der Waals surface area contributed by atoms with Crippen LogP contribution in [0.4, 0.5) is 4.39 Å². The highest BCUT2D eigenvalue weighted by molar-refractivity contribution is 7.89. The minimum atomic E-state index is -3.76. The molecule has 0 aliphatic carbocycles. The highest BCUT2D eigenvalue weighted by atomic mass is 35.5. The predicted molar refractivity (Wildman–Crippen MR) is 134 cm³/mol. The van der Waals surface area contributed by atoms with Crippen molar-refractivity contribution in [2.75, 3.05) is 26.3 Å². The molecule has 14 heteroatoms. The molecule has 0 N–H and O–H groups in total. The summed E-state index contributed by atoms with van der Waals surface area (Å²) >= 11 is 6.16. The minimum Gasteiger partial charge on any atom is -0.486 e. The van der Waals surface area contributed by atoms with Crippen LogP contribution < -0.4 is 9.47 Å². The van der Waals surface area contributed by atoms with E-state index in [0.717, 1.165) is 0 Å². The molecule has 4 aliphatic heterocycles. The summed E-state index contributed by atoms with van der Waals surface area (Å²) in [6, 6.07) is 7.96. The van der Waals surface area contributed by atoms with Gasteiger partial charge in [-0.05, 0) is 37.1 Å². The van der Waals surface area contributed by atoms with Crippen LogP contribution in [0.5, 0.6) is 11.5 Å². The average molecular weight is 561 g/mol. The van der Waals surface area contributed by atoms with E-state index in [1.165, 1.54) is 33.6 Å². The van der Waals surface area contributed by atoms with Gasteiger partial charge in [0.1, 0.15) is 24.9 Å². The van der Waals surface area contributed by atoms with Gasteiger partial charge >= 0.3 is 0 Å². The van der Waals surface area contributed by atoms with Gasteiger partial charge in [0.2, 0.25) is 16.1 Å². The van der Waals surface area contributed by atoms with E-state index in [4.69, 9.17) is 21.1 Å². The third kappa shape index (κ3) is 4.44. The number of hydrogen-bond donors (Lipinski definition) is 0. The fourth-order valence-electron chi connectivity index (χ4n) is 4.76. The lowest BCUT2D eigenvalue weighted by molar-refractivity contribution is -0.117. The molecule has 0 spiro atoms. The second-order valence-electron chi connectivity index (χ2n) is 9.13. The zero-order chi connectivity index (χ0) is 26.4. The number of halogens is 2. The molecule has 11 nitrogen and oxygen atoms in total. The van der Waals surface area contributed by atoms with Gasteiger partial charge in [-0.2, -0.15) is 9.30 Å². The molecule has 1 saturated heterocycles. The van der Waals surface area contributed by atoms with Gasteiger partial charge in [-0.25, -0.2) is 22.8 Å². The van der Waals surface area contributed by atoms with E-state index < -0.39 is 27.8 Å². The number of piperidine rings is 1. The Labute approximate surface area is 222 Å². The van der Waals surface area contributed by atoms with Crippen LogP contribution in [0.2, 0.25) is 5.02 Å². The van der Waals surface area contributed by atoms with Crippen LogP contribution in [0.3, 0.4) is 0 Å². The maximum atomic E-state index is 14.3. The lowest BCUT2D eigenvalue weighted by Gasteiger charge is -2.32. The summed E-state index contributed by atoms with van der Waals surface area (Å²) in [6.07, 6.45) is 0.843. The van der Waals surface area contributed by atoms with Crippen molar-refractivity contribution in [1.29, 1.82) is 0 Å². The first kappa shape index (κ1) is 24.9. The molecule has 4 heterocycles. The van der Waals surface area contributed by atoms with Gasteiger partial charge < -0.3 is 9.47 Å². The molecule has 1 amide bonds. The van der Waals surface area contributed by atoms with Crippen LogP contribution in [0.1, 0.15) is 18.4 Å². The number of amides is 1. The Morgan fingerprint density at radius 2 is 1.82 bits per heavy atom. The number of carbonyl (C=O) groups excluding carboxylic acids is 1. The Bertz CT molecular complexity index is 1490. The Balaban J connectivity index is 1.16. The third-order valence-electron chi connectivity index (χ3n) is 6.81. The second-order valence-corrected chi connectivity index (χ2v) is 11.5. The largest absolute Gasteiger partial charge is 0.486 e. The van der Waals surface area contributed by atoms with Crippen molar-refractivity contribution in [3.05, 3.63) is 52.8 Å². The highest BCUT2D eigenvalue weighted by Gasteiger charge is 2.40. The van der Waals surface area contributed by atoms with Crippen molar-refractivity contribution >= 4 is 39.2 Å². The molecule has 0 bridgehead atoms. The molecular formula is C24H22ClFN6O5S. The molecule has 0 saturated carbocycles. The fraction of sp³-hybridized carbons (Fsp3) is 0.375. The number of fused-ring (bicyclic) bond motifs is 2. The number of aliphatic imine (C=N–C) groups is 2. The quantitative estimate of drug-likeness (QED) is 0.553. The van der Waals surface area contributed by atoms with Crippen LogP contribution in [0, 0.1) is 11.7 Å². The van der Waals surface area contributed by atoms with Crippen LogP contribution in [0.15, 0.2) is 61.6 Å². The lowest BCUT2D eigenvalue weighted by atomic mass is 9.96. The van der Waals surface area contributed by atoms with Crippen LogP contribution in [0.25, 0.3) is 0 Å². The summed E-state index contributed by atoms with van der Waals surface area (Å²) in [6.45, 7) is 1.19. The summed E-state index contributed by atoms with van der Waals surface area (Å²) in [5, 5.41) is 9.53.